The summed E-state index contributed by atoms with van der Waals surface area (Å²) in [6, 6.07) is 4.70. The lowest BCUT2D eigenvalue weighted by Gasteiger charge is -2.40. The first-order valence-corrected chi connectivity index (χ1v) is 8.37. The lowest BCUT2D eigenvalue weighted by atomic mass is 10.00. The van der Waals surface area contributed by atoms with E-state index in [0.29, 0.717) is 0 Å². The summed E-state index contributed by atoms with van der Waals surface area (Å²) in [5.74, 6) is 1.02. The third-order valence-corrected chi connectivity index (χ3v) is 4.95. The Labute approximate surface area is 127 Å². The van der Waals surface area contributed by atoms with Crippen LogP contribution in [0.25, 0.3) is 0 Å². The van der Waals surface area contributed by atoms with Gasteiger partial charge in [0.2, 0.25) is 0 Å². The highest BCUT2D eigenvalue weighted by atomic mass is 16.3. The molecule has 4 heteroatoms. The Morgan fingerprint density at radius 1 is 1.14 bits per heavy atom. The van der Waals surface area contributed by atoms with Crippen molar-refractivity contribution in [1.82, 2.24) is 9.88 Å². The zero-order valence-electron chi connectivity index (χ0n) is 13.0. The predicted octanol–water partition coefficient (Wildman–Crippen LogP) is 2.59. The number of aromatic nitrogens is 1. The minimum absolute atomic E-state index is 0.419. The maximum absolute atomic E-state index is 9.71. The molecular formula is C17H27N3O. The second-order valence-corrected chi connectivity index (χ2v) is 6.44. The van der Waals surface area contributed by atoms with E-state index in [2.05, 4.69) is 14.8 Å². The molecule has 0 unspecified atom stereocenters. The summed E-state index contributed by atoms with van der Waals surface area (Å²) >= 11 is 0. The molecule has 0 aliphatic carbocycles. The van der Waals surface area contributed by atoms with Gasteiger partial charge in [0.15, 0.2) is 0 Å². The zero-order valence-corrected chi connectivity index (χ0v) is 13.0. The molecule has 0 amide bonds. The Morgan fingerprint density at radius 2 is 1.86 bits per heavy atom. The molecule has 4 nitrogen and oxygen atoms in total. The van der Waals surface area contributed by atoms with Crippen molar-refractivity contribution in [3.63, 3.8) is 0 Å². The van der Waals surface area contributed by atoms with E-state index in [1.165, 1.54) is 45.2 Å². The van der Waals surface area contributed by atoms with Crippen molar-refractivity contribution in [1.29, 1.82) is 0 Å². The molecule has 2 aliphatic rings. The van der Waals surface area contributed by atoms with Gasteiger partial charge in [0.25, 0.3) is 0 Å². The third-order valence-electron chi connectivity index (χ3n) is 4.95. The smallest absolute Gasteiger partial charge is 0.128 e. The number of likely N-dealkylation sites (tertiary alicyclic amines) is 1. The number of anilines is 1. The molecular weight excluding hydrogens is 262 g/mol. The number of piperidine rings is 2. The van der Waals surface area contributed by atoms with Gasteiger partial charge < -0.3 is 14.9 Å². The summed E-state index contributed by atoms with van der Waals surface area (Å²) < 4.78 is 0. The number of rotatable bonds is 3. The quantitative estimate of drug-likeness (QED) is 0.928. The van der Waals surface area contributed by atoms with Crippen LogP contribution >= 0.6 is 0 Å². The first-order valence-electron chi connectivity index (χ1n) is 8.37. The van der Waals surface area contributed by atoms with Crippen molar-refractivity contribution in [2.75, 3.05) is 31.1 Å². The fourth-order valence-electron chi connectivity index (χ4n) is 3.61. The number of hydrogen-bond donors (Lipinski definition) is 1. The number of hydrogen-bond acceptors (Lipinski definition) is 4. The highest BCUT2D eigenvalue weighted by molar-refractivity contribution is 5.42. The van der Waals surface area contributed by atoms with E-state index in [1.807, 2.05) is 25.3 Å². The molecule has 3 rings (SSSR count). The monoisotopic (exact) mass is 289 g/mol. The average Bonchev–Trinajstić information content (AvgIpc) is 2.56. The molecule has 0 saturated carbocycles. The van der Waals surface area contributed by atoms with Gasteiger partial charge in [-0.3, -0.25) is 0 Å². The van der Waals surface area contributed by atoms with E-state index < -0.39 is 6.10 Å². The van der Waals surface area contributed by atoms with Gasteiger partial charge in [0, 0.05) is 25.3 Å². The van der Waals surface area contributed by atoms with Crippen LogP contribution in [0.1, 0.15) is 50.7 Å². The summed E-state index contributed by atoms with van der Waals surface area (Å²) in [6.07, 6.45) is 8.02. The Bertz CT molecular complexity index is 449. The molecule has 0 aromatic carbocycles. The van der Waals surface area contributed by atoms with E-state index in [1.54, 1.807) is 0 Å². The first-order chi connectivity index (χ1) is 10.2. The van der Waals surface area contributed by atoms with Crippen molar-refractivity contribution in [3.05, 3.63) is 23.9 Å². The molecule has 1 atom stereocenters. The van der Waals surface area contributed by atoms with Crippen LogP contribution in [0.5, 0.6) is 0 Å². The van der Waals surface area contributed by atoms with Gasteiger partial charge in [-0.25, -0.2) is 4.98 Å². The first kappa shape index (κ1) is 14.8. The number of aliphatic hydroxyl groups is 1. The standard InChI is InChI=1S/C17H27N3O/c1-14(21)15-5-8-18-17(13-15)20-11-6-16(7-12-20)19-9-3-2-4-10-19/h5,8,13-14,16,21H,2-4,6-7,9-12H2,1H3/t14-/m0/s1. The molecule has 2 saturated heterocycles. The highest BCUT2D eigenvalue weighted by Gasteiger charge is 2.26. The van der Waals surface area contributed by atoms with Crippen LogP contribution in [0.2, 0.25) is 0 Å². The second-order valence-electron chi connectivity index (χ2n) is 6.44. The third kappa shape index (κ3) is 3.55. The van der Waals surface area contributed by atoms with E-state index in [-0.39, 0.29) is 0 Å². The van der Waals surface area contributed by atoms with Crippen LogP contribution in [0.4, 0.5) is 5.82 Å². The van der Waals surface area contributed by atoms with Gasteiger partial charge in [-0.2, -0.15) is 0 Å². The maximum Gasteiger partial charge on any atom is 0.128 e. The number of nitrogens with zero attached hydrogens (tertiary/aromatic N) is 3. The van der Waals surface area contributed by atoms with Crippen LogP contribution in [0.15, 0.2) is 18.3 Å². The zero-order chi connectivity index (χ0) is 14.7. The SMILES string of the molecule is C[C@H](O)c1ccnc(N2CCC(N3CCCCC3)CC2)c1. The van der Waals surface area contributed by atoms with Gasteiger partial charge >= 0.3 is 0 Å². The van der Waals surface area contributed by atoms with Crippen LogP contribution < -0.4 is 4.90 Å². The van der Waals surface area contributed by atoms with Gasteiger partial charge in [-0.15, -0.1) is 0 Å². The largest absolute Gasteiger partial charge is 0.389 e. The molecule has 1 N–H and O–H groups in total. The summed E-state index contributed by atoms with van der Waals surface area (Å²) in [5, 5.41) is 9.71. The van der Waals surface area contributed by atoms with Crippen molar-refractivity contribution in [2.45, 2.75) is 51.2 Å². The molecule has 1 aromatic heterocycles. The fraction of sp³-hybridized carbons (Fsp3) is 0.706. The predicted molar refractivity (Wildman–Crippen MR) is 85.5 cm³/mol. The van der Waals surface area contributed by atoms with Gasteiger partial charge in [-0.05, 0) is 63.4 Å². The van der Waals surface area contributed by atoms with Crippen molar-refractivity contribution in [2.24, 2.45) is 0 Å². The van der Waals surface area contributed by atoms with E-state index in [9.17, 15) is 5.11 Å². The Balaban J connectivity index is 1.59. The number of pyridine rings is 1. The summed E-state index contributed by atoms with van der Waals surface area (Å²) in [4.78, 5) is 9.55. The molecule has 3 heterocycles. The van der Waals surface area contributed by atoms with Crippen LogP contribution in [0, 0.1) is 0 Å². The lowest BCUT2D eigenvalue weighted by Crippen LogP contribution is -2.46. The van der Waals surface area contributed by atoms with Crippen molar-refractivity contribution in [3.8, 4) is 0 Å². The van der Waals surface area contributed by atoms with E-state index in [4.69, 9.17) is 0 Å². The van der Waals surface area contributed by atoms with E-state index >= 15 is 0 Å². The molecule has 2 fully saturated rings. The topological polar surface area (TPSA) is 39.6 Å². The Kier molecular flexibility index (Phi) is 4.76. The van der Waals surface area contributed by atoms with Gasteiger partial charge in [0.05, 0.1) is 6.10 Å². The summed E-state index contributed by atoms with van der Waals surface area (Å²) in [6.45, 7) is 6.55. The molecule has 0 spiro atoms. The molecule has 21 heavy (non-hydrogen) atoms. The minimum atomic E-state index is -0.419. The fourth-order valence-corrected chi connectivity index (χ4v) is 3.61. The van der Waals surface area contributed by atoms with Crippen molar-refractivity contribution < 1.29 is 5.11 Å². The van der Waals surface area contributed by atoms with Gasteiger partial charge in [0.1, 0.15) is 5.82 Å². The summed E-state index contributed by atoms with van der Waals surface area (Å²) in [5.41, 5.74) is 0.957. The molecule has 2 aliphatic heterocycles. The highest BCUT2D eigenvalue weighted by Crippen LogP contribution is 2.25. The van der Waals surface area contributed by atoms with Crippen LogP contribution in [-0.4, -0.2) is 47.2 Å². The van der Waals surface area contributed by atoms with Crippen LogP contribution in [0.3, 0.4) is 0 Å². The molecule has 1 aromatic rings. The summed E-state index contributed by atoms with van der Waals surface area (Å²) in [7, 11) is 0. The normalized spacial score (nSPS) is 23.2. The van der Waals surface area contributed by atoms with Crippen LogP contribution in [-0.2, 0) is 0 Å². The number of aliphatic hydroxyl groups excluding tert-OH is 1. The average molecular weight is 289 g/mol. The Morgan fingerprint density at radius 3 is 2.52 bits per heavy atom. The van der Waals surface area contributed by atoms with Crippen molar-refractivity contribution >= 4 is 5.82 Å². The second kappa shape index (κ2) is 6.75. The Hall–Kier alpha value is -1.13. The molecule has 116 valence electrons. The molecule has 0 bridgehead atoms. The lowest BCUT2D eigenvalue weighted by molar-refractivity contribution is 0.141. The van der Waals surface area contributed by atoms with E-state index in [0.717, 1.165) is 30.5 Å². The maximum atomic E-state index is 9.71. The minimum Gasteiger partial charge on any atom is -0.389 e. The molecule has 0 radical (unpaired) electrons. The van der Waals surface area contributed by atoms with Gasteiger partial charge in [-0.1, -0.05) is 6.42 Å².